The van der Waals surface area contributed by atoms with Gasteiger partial charge in [-0.2, -0.15) is 18.3 Å². The predicted molar refractivity (Wildman–Crippen MR) is 62.1 cm³/mol. The number of alkyl halides is 3. The Hall–Kier alpha value is -2.06. The van der Waals surface area contributed by atoms with E-state index in [1.165, 1.54) is 10.5 Å². The quantitative estimate of drug-likeness (QED) is 0.829. The first-order valence-corrected chi connectivity index (χ1v) is 5.62. The monoisotopic (exact) mass is 275 g/mol. The van der Waals surface area contributed by atoms with E-state index in [0.29, 0.717) is 17.3 Å². The summed E-state index contributed by atoms with van der Waals surface area (Å²) < 4.78 is 37.2. The molecule has 2 rings (SSSR count). The Bertz CT molecular complexity index is 630. The van der Waals surface area contributed by atoms with Crippen LogP contribution in [0.1, 0.15) is 18.7 Å². The molecule has 0 bridgehead atoms. The lowest BCUT2D eigenvalue weighted by molar-refractivity contribution is -0.134. The SMILES string of the molecule is Cc1nc(NCCCC(F)(F)F)cc2n[nH]c(=O)n12. The van der Waals surface area contributed by atoms with Gasteiger partial charge >= 0.3 is 11.9 Å². The van der Waals surface area contributed by atoms with Gasteiger partial charge < -0.3 is 5.32 Å². The van der Waals surface area contributed by atoms with Crippen molar-refractivity contribution in [3.63, 3.8) is 0 Å². The van der Waals surface area contributed by atoms with Gasteiger partial charge in [0, 0.05) is 19.0 Å². The van der Waals surface area contributed by atoms with E-state index in [9.17, 15) is 18.0 Å². The molecule has 0 aliphatic heterocycles. The number of aryl methyl sites for hydroxylation is 1. The number of nitrogens with zero attached hydrogens (tertiary/aromatic N) is 3. The summed E-state index contributed by atoms with van der Waals surface area (Å²) in [6.45, 7) is 1.77. The Labute approximate surface area is 105 Å². The summed E-state index contributed by atoms with van der Waals surface area (Å²) in [4.78, 5) is 15.4. The van der Waals surface area contributed by atoms with Gasteiger partial charge in [0.25, 0.3) is 0 Å². The molecule has 0 radical (unpaired) electrons. The lowest BCUT2D eigenvalue weighted by Crippen LogP contribution is -2.15. The number of hydrogen-bond acceptors (Lipinski definition) is 4. The van der Waals surface area contributed by atoms with Crippen LogP contribution in [0.4, 0.5) is 19.0 Å². The van der Waals surface area contributed by atoms with E-state index in [1.807, 2.05) is 0 Å². The van der Waals surface area contributed by atoms with Crippen molar-refractivity contribution < 1.29 is 13.2 Å². The smallest absolute Gasteiger partial charge is 0.370 e. The molecular weight excluding hydrogens is 263 g/mol. The summed E-state index contributed by atoms with van der Waals surface area (Å²) in [6, 6.07) is 1.50. The third-order valence-corrected chi connectivity index (χ3v) is 2.51. The Balaban J connectivity index is 2.04. The number of fused-ring (bicyclic) bond motifs is 1. The summed E-state index contributed by atoms with van der Waals surface area (Å²) in [5.41, 5.74) is -0.0283. The van der Waals surface area contributed by atoms with Crippen LogP contribution in [0.15, 0.2) is 10.9 Å². The Morgan fingerprint density at radius 2 is 2.21 bits per heavy atom. The first-order chi connectivity index (χ1) is 8.87. The summed E-state index contributed by atoms with van der Waals surface area (Å²) in [5.74, 6) is 0.806. The van der Waals surface area contributed by atoms with Crippen LogP contribution in [0.3, 0.4) is 0 Å². The van der Waals surface area contributed by atoms with Gasteiger partial charge in [-0.25, -0.2) is 19.3 Å². The molecule has 0 spiro atoms. The molecule has 0 aromatic carbocycles. The first kappa shape index (κ1) is 13.4. The fourth-order valence-corrected chi connectivity index (χ4v) is 1.69. The van der Waals surface area contributed by atoms with Crippen LogP contribution in [-0.2, 0) is 0 Å². The minimum Gasteiger partial charge on any atom is -0.370 e. The summed E-state index contributed by atoms with van der Waals surface area (Å²) in [7, 11) is 0. The molecule has 6 nitrogen and oxygen atoms in total. The normalized spacial score (nSPS) is 12.0. The Morgan fingerprint density at radius 1 is 1.47 bits per heavy atom. The molecule has 0 saturated carbocycles. The zero-order valence-corrected chi connectivity index (χ0v) is 10.1. The van der Waals surface area contributed by atoms with Crippen LogP contribution in [0.2, 0.25) is 0 Å². The fraction of sp³-hybridized carbons (Fsp3) is 0.500. The largest absolute Gasteiger partial charge is 0.389 e. The summed E-state index contributed by atoms with van der Waals surface area (Å²) >= 11 is 0. The molecule has 2 aromatic heterocycles. The molecule has 2 N–H and O–H groups in total. The molecule has 0 aliphatic carbocycles. The maximum Gasteiger partial charge on any atom is 0.389 e. The van der Waals surface area contributed by atoms with Crippen molar-refractivity contribution in [2.24, 2.45) is 0 Å². The van der Waals surface area contributed by atoms with Crippen molar-refractivity contribution in [2.45, 2.75) is 25.9 Å². The van der Waals surface area contributed by atoms with E-state index < -0.39 is 18.3 Å². The number of aromatic amines is 1. The molecule has 2 heterocycles. The van der Waals surface area contributed by atoms with Crippen molar-refractivity contribution in [3.8, 4) is 0 Å². The number of aromatic nitrogens is 4. The van der Waals surface area contributed by atoms with Crippen molar-refractivity contribution in [1.82, 2.24) is 19.6 Å². The number of H-pyrrole nitrogens is 1. The molecule has 19 heavy (non-hydrogen) atoms. The molecule has 9 heteroatoms. The van der Waals surface area contributed by atoms with Crippen LogP contribution in [0.25, 0.3) is 5.65 Å². The molecular formula is C10H12F3N5O. The fourth-order valence-electron chi connectivity index (χ4n) is 1.69. The van der Waals surface area contributed by atoms with E-state index in [1.54, 1.807) is 6.92 Å². The van der Waals surface area contributed by atoms with Gasteiger partial charge in [-0.15, -0.1) is 0 Å². The average molecular weight is 275 g/mol. The number of hydrogen-bond donors (Lipinski definition) is 2. The highest BCUT2D eigenvalue weighted by molar-refractivity contribution is 5.49. The highest BCUT2D eigenvalue weighted by Gasteiger charge is 2.25. The molecule has 0 amide bonds. The Morgan fingerprint density at radius 3 is 2.89 bits per heavy atom. The van der Waals surface area contributed by atoms with Crippen LogP contribution >= 0.6 is 0 Å². The van der Waals surface area contributed by atoms with Gasteiger partial charge in [0.1, 0.15) is 11.6 Å². The zero-order valence-electron chi connectivity index (χ0n) is 10.1. The van der Waals surface area contributed by atoms with Crippen LogP contribution in [0, 0.1) is 6.92 Å². The van der Waals surface area contributed by atoms with Gasteiger partial charge in [0.05, 0.1) is 0 Å². The number of nitrogens with one attached hydrogen (secondary N) is 2. The Kier molecular flexibility index (Phi) is 3.45. The highest BCUT2D eigenvalue weighted by atomic mass is 19.4. The lowest BCUT2D eigenvalue weighted by atomic mass is 10.3. The van der Waals surface area contributed by atoms with Crippen molar-refractivity contribution in [2.75, 3.05) is 11.9 Å². The number of halogens is 3. The van der Waals surface area contributed by atoms with Gasteiger partial charge in [-0.1, -0.05) is 0 Å². The van der Waals surface area contributed by atoms with E-state index in [0.717, 1.165) is 0 Å². The van der Waals surface area contributed by atoms with E-state index in [-0.39, 0.29) is 13.0 Å². The van der Waals surface area contributed by atoms with E-state index in [2.05, 4.69) is 20.5 Å². The van der Waals surface area contributed by atoms with Gasteiger partial charge in [-0.05, 0) is 13.3 Å². The predicted octanol–water partition coefficient (Wildman–Crippen LogP) is 1.48. The molecule has 2 aromatic rings. The minimum atomic E-state index is -4.15. The van der Waals surface area contributed by atoms with Gasteiger partial charge in [0.2, 0.25) is 0 Å². The van der Waals surface area contributed by atoms with Crippen LogP contribution in [0.5, 0.6) is 0 Å². The molecule has 0 saturated heterocycles. The second-order valence-corrected chi connectivity index (χ2v) is 4.06. The van der Waals surface area contributed by atoms with Gasteiger partial charge in [0.15, 0.2) is 5.65 Å². The minimum absolute atomic E-state index is 0.0389. The highest BCUT2D eigenvalue weighted by Crippen LogP contribution is 2.21. The molecule has 104 valence electrons. The number of anilines is 1. The van der Waals surface area contributed by atoms with Gasteiger partial charge in [-0.3, -0.25) is 0 Å². The third-order valence-electron chi connectivity index (χ3n) is 2.51. The van der Waals surface area contributed by atoms with E-state index >= 15 is 0 Å². The van der Waals surface area contributed by atoms with Crippen molar-refractivity contribution in [3.05, 3.63) is 22.4 Å². The second-order valence-electron chi connectivity index (χ2n) is 4.06. The van der Waals surface area contributed by atoms with Crippen molar-refractivity contribution >= 4 is 11.5 Å². The standard InChI is InChI=1S/C10H12F3N5O/c1-6-15-7(14-4-2-3-10(11,12)13)5-8-16-17-9(19)18(6)8/h5,14H,2-4H2,1H3,(H,17,19). The molecule has 0 fully saturated rings. The maximum atomic E-state index is 12.0. The first-order valence-electron chi connectivity index (χ1n) is 5.62. The second kappa shape index (κ2) is 4.90. The number of rotatable bonds is 4. The maximum absolute atomic E-state index is 12.0. The molecule has 0 unspecified atom stereocenters. The molecule has 0 atom stereocenters. The van der Waals surface area contributed by atoms with Crippen LogP contribution < -0.4 is 11.0 Å². The topological polar surface area (TPSA) is 75.1 Å². The zero-order chi connectivity index (χ0) is 14.0. The van der Waals surface area contributed by atoms with E-state index in [4.69, 9.17) is 0 Å². The summed E-state index contributed by atoms with van der Waals surface area (Å²) in [5, 5.41) is 8.82. The van der Waals surface area contributed by atoms with Crippen LogP contribution in [-0.4, -0.2) is 32.3 Å². The molecule has 0 aliphatic rings. The third kappa shape index (κ3) is 3.24. The average Bonchev–Trinajstić information content (AvgIpc) is 2.66. The summed E-state index contributed by atoms with van der Waals surface area (Å²) in [6.07, 6.45) is -5.03. The van der Waals surface area contributed by atoms with Crippen molar-refractivity contribution in [1.29, 1.82) is 0 Å². The lowest BCUT2D eigenvalue weighted by Gasteiger charge is -2.08.